The fraction of sp³-hybridized carbons (Fsp3) is 0.161. The smallest absolute Gasteiger partial charge is 0.146 e. The molecule has 1 heteroatoms. The van der Waals surface area contributed by atoms with Gasteiger partial charge in [0.15, 0.2) is 0 Å². The molecule has 0 nitrogen and oxygen atoms in total. The first-order chi connectivity index (χ1) is 15.6. The molecule has 4 aromatic rings. The number of aryl methyl sites for hydroxylation is 4. The van der Waals surface area contributed by atoms with E-state index in [1.807, 2.05) is 36.4 Å². The van der Waals surface area contributed by atoms with Gasteiger partial charge in [-0.3, -0.25) is 0 Å². The summed E-state index contributed by atoms with van der Waals surface area (Å²) in [4.78, 5) is 0. The first-order valence-electron chi connectivity index (χ1n) is 11.1. The first kappa shape index (κ1) is 21.6. The number of hydrogen-bond donors (Lipinski definition) is 0. The molecular weight excluding hydrogens is 391 g/mol. The first-order valence-corrected chi connectivity index (χ1v) is 11.1. The second kappa shape index (κ2) is 10.1. The molecular formula is C31H27F. The number of halogens is 1. The molecule has 158 valence electrons. The molecule has 0 saturated carbocycles. The second-order valence-corrected chi connectivity index (χ2v) is 8.24. The van der Waals surface area contributed by atoms with Crippen LogP contribution < -0.4 is 0 Å². The summed E-state index contributed by atoms with van der Waals surface area (Å²) in [5.41, 5.74) is 6.42. The number of rotatable bonds is 6. The van der Waals surface area contributed by atoms with E-state index in [0.29, 0.717) is 10.9 Å². The van der Waals surface area contributed by atoms with Gasteiger partial charge in [-0.15, -0.1) is 6.58 Å². The Morgan fingerprint density at radius 3 is 2.09 bits per heavy atom. The Labute approximate surface area is 190 Å². The second-order valence-electron chi connectivity index (χ2n) is 8.24. The lowest BCUT2D eigenvalue weighted by molar-refractivity contribution is 0.636. The third kappa shape index (κ3) is 5.34. The Hall–Kier alpha value is -3.63. The maximum absolute atomic E-state index is 15.0. The van der Waals surface area contributed by atoms with Gasteiger partial charge >= 0.3 is 0 Å². The van der Waals surface area contributed by atoms with Crippen LogP contribution >= 0.6 is 0 Å². The van der Waals surface area contributed by atoms with Crippen LogP contribution in [0.15, 0.2) is 91.5 Å². The van der Waals surface area contributed by atoms with Crippen LogP contribution in [0.1, 0.15) is 39.8 Å². The lowest BCUT2D eigenvalue weighted by atomic mass is 10.0. The SMILES string of the molecule is C=CCCc1ccc2c(F)c(C#Cc3ccc(CCc4ccc(C)cc4)cc3)ccc2c1. The monoisotopic (exact) mass is 418 g/mol. The quantitative estimate of drug-likeness (QED) is 0.223. The normalized spacial score (nSPS) is 10.6. The summed E-state index contributed by atoms with van der Waals surface area (Å²) in [6, 6.07) is 26.6. The molecule has 4 rings (SSSR count). The Bertz CT molecular complexity index is 1280. The zero-order valence-corrected chi connectivity index (χ0v) is 18.5. The molecule has 0 fully saturated rings. The van der Waals surface area contributed by atoms with E-state index in [1.165, 1.54) is 22.3 Å². The van der Waals surface area contributed by atoms with E-state index < -0.39 is 0 Å². The molecule has 0 amide bonds. The van der Waals surface area contributed by atoms with Crippen molar-refractivity contribution in [2.75, 3.05) is 0 Å². The minimum atomic E-state index is -0.250. The van der Waals surface area contributed by atoms with Crippen LogP contribution in [0.3, 0.4) is 0 Å². The largest absolute Gasteiger partial charge is 0.205 e. The van der Waals surface area contributed by atoms with Crippen LogP contribution in [0.4, 0.5) is 4.39 Å². The van der Waals surface area contributed by atoms with Crippen LogP contribution in [0.5, 0.6) is 0 Å². The molecule has 32 heavy (non-hydrogen) atoms. The molecule has 0 atom stereocenters. The van der Waals surface area contributed by atoms with Gasteiger partial charge in [-0.2, -0.15) is 0 Å². The summed E-state index contributed by atoms with van der Waals surface area (Å²) < 4.78 is 15.0. The van der Waals surface area contributed by atoms with Gasteiger partial charge in [0.25, 0.3) is 0 Å². The average Bonchev–Trinajstić information content (AvgIpc) is 2.82. The van der Waals surface area contributed by atoms with Crippen molar-refractivity contribution in [2.45, 2.75) is 32.6 Å². The van der Waals surface area contributed by atoms with Gasteiger partial charge in [0.2, 0.25) is 0 Å². The van der Waals surface area contributed by atoms with Crippen molar-refractivity contribution < 1.29 is 4.39 Å². The molecule has 0 spiro atoms. The lowest BCUT2D eigenvalue weighted by Gasteiger charge is -2.05. The van der Waals surface area contributed by atoms with Crippen LogP contribution in [-0.4, -0.2) is 0 Å². The molecule has 0 aliphatic heterocycles. The third-order valence-electron chi connectivity index (χ3n) is 5.77. The van der Waals surface area contributed by atoms with Gasteiger partial charge in [0.1, 0.15) is 5.82 Å². The predicted molar refractivity (Wildman–Crippen MR) is 133 cm³/mol. The standard InChI is InChI=1S/C31H27F/c1-3-4-5-27-17-21-30-29(22-27)20-19-28(31(30)32)18-16-26-14-12-25(13-15-26)11-10-24-8-6-23(2)7-9-24/h3,6-9,12-15,17,19-22H,1,4-5,10-11H2,2H3. The van der Waals surface area contributed by atoms with E-state index in [0.717, 1.165) is 36.6 Å². The molecule has 0 saturated heterocycles. The van der Waals surface area contributed by atoms with Crippen molar-refractivity contribution in [2.24, 2.45) is 0 Å². The maximum atomic E-state index is 15.0. The van der Waals surface area contributed by atoms with Gasteiger partial charge in [-0.25, -0.2) is 4.39 Å². The molecule has 0 bridgehead atoms. The number of hydrogen-bond acceptors (Lipinski definition) is 0. The average molecular weight is 419 g/mol. The fourth-order valence-electron chi connectivity index (χ4n) is 3.80. The summed E-state index contributed by atoms with van der Waals surface area (Å²) in [5, 5.41) is 1.53. The van der Waals surface area contributed by atoms with Crippen LogP contribution in [0.25, 0.3) is 10.8 Å². The van der Waals surface area contributed by atoms with Gasteiger partial charge < -0.3 is 0 Å². The van der Waals surface area contributed by atoms with E-state index in [-0.39, 0.29) is 5.82 Å². The van der Waals surface area contributed by atoms with E-state index in [2.05, 4.69) is 67.8 Å². The summed E-state index contributed by atoms with van der Waals surface area (Å²) in [7, 11) is 0. The van der Waals surface area contributed by atoms with E-state index in [1.54, 1.807) is 6.07 Å². The minimum Gasteiger partial charge on any atom is -0.205 e. The highest BCUT2D eigenvalue weighted by Gasteiger charge is 2.06. The maximum Gasteiger partial charge on any atom is 0.146 e. The molecule has 0 N–H and O–H groups in total. The van der Waals surface area contributed by atoms with E-state index in [4.69, 9.17) is 0 Å². The van der Waals surface area contributed by atoms with Crippen molar-refractivity contribution >= 4 is 10.8 Å². The summed E-state index contributed by atoms with van der Waals surface area (Å²) >= 11 is 0. The highest BCUT2D eigenvalue weighted by molar-refractivity contribution is 5.85. The van der Waals surface area contributed by atoms with Crippen molar-refractivity contribution in [1.29, 1.82) is 0 Å². The Kier molecular flexibility index (Phi) is 6.83. The predicted octanol–water partition coefficient (Wildman–Crippen LogP) is 7.59. The Balaban J connectivity index is 1.45. The van der Waals surface area contributed by atoms with Crippen LogP contribution in [-0.2, 0) is 19.3 Å². The van der Waals surface area contributed by atoms with Gasteiger partial charge in [0, 0.05) is 10.9 Å². The van der Waals surface area contributed by atoms with Crippen molar-refractivity contribution in [1.82, 2.24) is 0 Å². The minimum absolute atomic E-state index is 0.250. The molecule has 4 aromatic carbocycles. The highest BCUT2D eigenvalue weighted by Crippen LogP contribution is 2.23. The van der Waals surface area contributed by atoms with Gasteiger partial charge in [-0.05, 0) is 72.9 Å². The van der Waals surface area contributed by atoms with Crippen molar-refractivity contribution in [3.63, 3.8) is 0 Å². The molecule has 0 unspecified atom stereocenters. The molecule has 0 aromatic heterocycles. The van der Waals surface area contributed by atoms with E-state index in [9.17, 15) is 4.39 Å². The summed E-state index contributed by atoms with van der Waals surface area (Å²) in [6.07, 6.45) is 5.75. The summed E-state index contributed by atoms with van der Waals surface area (Å²) in [5.74, 6) is 5.88. The fourth-order valence-corrected chi connectivity index (χ4v) is 3.80. The highest BCUT2D eigenvalue weighted by atomic mass is 19.1. The zero-order valence-electron chi connectivity index (χ0n) is 18.5. The van der Waals surface area contributed by atoms with Gasteiger partial charge in [0.05, 0.1) is 5.56 Å². The van der Waals surface area contributed by atoms with Crippen LogP contribution in [0, 0.1) is 24.6 Å². The van der Waals surface area contributed by atoms with Crippen molar-refractivity contribution in [3.8, 4) is 11.8 Å². The summed E-state index contributed by atoms with van der Waals surface area (Å²) in [6.45, 7) is 5.87. The topological polar surface area (TPSA) is 0 Å². The third-order valence-corrected chi connectivity index (χ3v) is 5.77. The van der Waals surface area contributed by atoms with Crippen molar-refractivity contribution in [3.05, 3.63) is 131 Å². The molecule has 0 aliphatic carbocycles. The number of fused-ring (bicyclic) bond motifs is 1. The van der Waals surface area contributed by atoms with Crippen LogP contribution in [0.2, 0.25) is 0 Å². The van der Waals surface area contributed by atoms with E-state index >= 15 is 0 Å². The molecule has 0 heterocycles. The Morgan fingerprint density at radius 1 is 0.750 bits per heavy atom. The lowest BCUT2D eigenvalue weighted by Crippen LogP contribution is -1.92. The Morgan fingerprint density at radius 2 is 1.41 bits per heavy atom. The zero-order chi connectivity index (χ0) is 22.3. The van der Waals surface area contributed by atoms with Gasteiger partial charge in [-0.1, -0.05) is 84.1 Å². The molecule has 0 aliphatic rings. The molecule has 0 radical (unpaired) electrons. The number of benzene rings is 4. The number of allylic oxidation sites excluding steroid dienone is 1.